The molecule has 0 unspecified atom stereocenters. The fourth-order valence-corrected chi connectivity index (χ4v) is 4.13. The van der Waals surface area contributed by atoms with Crippen LogP contribution in [0, 0.1) is 11.3 Å². The molecule has 0 saturated carbocycles. The van der Waals surface area contributed by atoms with Crippen molar-refractivity contribution in [2.75, 3.05) is 26.2 Å². The van der Waals surface area contributed by atoms with E-state index in [9.17, 15) is 19.5 Å². The molecule has 3 rings (SSSR count). The number of hydrogen-bond acceptors (Lipinski definition) is 3. The maximum atomic E-state index is 12.7. The van der Waals surface area contributed by atoms with Crippen molar-refractivity contribution in [3.05, 3.63) is 35.9 Å². The van der Waals surface area contributed by atoms with Gasteiger partial charge in [0, 0.05) is 39.0 Å². The fourth-order valence-electron chi connectivity index (χ4n) is 4.13. The zero-order valence-electron chi connectivity index (χ0n) is 14.5. The molecule has 0 radical (unpaired) electrons. The van der Waals surface area contributed by atoms with Crippen molar-refractivity contribution in [3.8, 4) is 0 Å². The van der Waals surface area contributed by atoms with Gasteiger partial charge in [0.25, 0.3) is 0 Å². The van der Waals surface area contributed by atoms with Gasteiger partial charge in [0.1, 0.15) is 0 Å². The summed E-state index contributed by atoms with van der Waals surface area (Å²) in [5.41, 5.74) is 0.0333. The molecule has 0 aliphatic carbocycles. The summed E-state index contributed by atoms with van der Waals surface area (Å²) >= 11 is 0. The number of benzene rings is 1. The van der Waals surface area contributed by atoms with Crippen molar-refractivity contribution in [1.82, 2.24) is 9.80 Å². The maximum absolute atomic E-state index is 12.7. The molecular weight excluding hydrogens is 320 g/mol. The Labute approximate surface area is 147 Å². The minimum absolute atomic E-state index is 0.0219. The van der Waals surface area contributed by atoms with Crippen LogP contribution in [-0.4, -0.2) is 58.9 Å². The lowest BCUT2D eigenvalue weighted by Gasteiger charge is -2.29. The van der Waals surface area contributed by atoms with E-state index in [0.29, 0.717) is 38.9 Å². The Balaban J connectivity index is 1.76. The van der Waals surface area contributed by atoms with Crippen LogP contribution in [0.2, 0.25) is 0 Å². The molecule has 134 valence electrons. The average Bonchev–Trinajstić information content (AvgIpc) is 2.85. The average molecular weight is 344 g/mol. The lowest BCUT2D eigenvalue weighted by molar-refractivity contribution is -0.151. The van der Waals surface area contributed by atoms with Crippen molar-refractivity contribution in [3.63, 3.8) is 0 Å². The first-order valence-electron chi connectivity index (χ1n) is 8.73. The molecule has 2 saturated heterocycles. The van der Waals surface area contributed by atoms with Crippen LogP contribution >= 0.6 is 0 Å². The zero-order valence-corrected chi connectivity index (χ0v) is 14.5. The van der Waals surface area contributed by atoms with Crippen LogP contribution in [0.25, 0.3) is 0 Å². The lowest BCUT2D eigenvalue weighted by Crippen LogP contribution is -2.43. The summed E-state index contributed by atoms with van der Waals surface area (Å²) in [4.78, 5) is 39.8. The Bertz CT molecular complexity index is 675. The highest BCUT2D eigenvalue weighted by Gasteiger charge is 2.54. The molecular formula is C19H24N2O4. The predicted octanol–water partition coefficient (Wildman–Crippen LogP) is 1.40. The number of carbonyl (C=O) groups is 3. The number of likely N-dealkylation sites (tertiary alicyclic amines) is 2. The van der Waals surface area contributed by atoms with E-state index >= 15 is 0 Å². The number of amides is 2. The molecule has 0 spiro atoms. The van der Waals surface area contributed by atoms with Gasteiger partial charge in [-0.3, -0.25) is 14.4 Å². The van der Waals surface area contributed by atoms with Gasteiger partial charge in [-0.15, -0.1) is 0 Å². The zero-order chi connectivity index (χ0) is 18.0. The number of hydrogen-bond donors (Lipinski definition) is 1. The molecule has 1 aromatic carbocycles. The monoisotopic (exact) mass is 344 g/mol. The van der Waals surface area contributed by atoms with E-state index in [-0.39, 0.29) is 24.3 Å². The lowest BCUT2D eigenvalue weighted by atomic mass is 9.75. The highest BCUT2D eigenvalue weighted by atomic mass is 16.4. The summed E-state index contributed by atoms with van der Waals surface area (Å²) in [6.07, 6.45) is 1.48. The van der Waals surface area contributed by atoms with Crippen LogP contribution in [-0.2, 0) is 20.8 Å². The van der Waals surface area contributed by atoms with Crippen molar-refractivity contribution < 1.29 is 19.5 Å². The topological polar surface area (TPSA) is 77.9 Å². The highest BCUT2D eigenvalue weighted by Crippen LogP contribution is 2.43. The van der Waals surface area contributed by atoms with E-state index in [2.05, 4.69) is 0 Å². The third kappa shape index (κ3) is 3.38. The van der Waals surface area contributed by atoms with E-state index < -0.39 is 11.4 Å². The van der Waals surface area contributed by atoms with Gasteiger partial charge in [0.05, 0.1) is 11.8 Å². The molecule has 6 nitrogen and oxygen atoms in total. The smallest absolute Gasteiger partial charge is 0.311 e. The first-order valence-corrected chi connectivity index (χ1v) is 8.73. The Morgan fingerprint density at radius 3 is 2.48 bits per heavy atom. The van der Waals surface area contributed by atoms with E-state index in [0.717, 1.165) is 5.56 Å². The summed E-state index contributed by atoms with van der Waals surface area (Å²) in [6, 6.07) is 9.56. The summed E-state index contributed by atoms with van der Waals surface area (Å²) in [5, 5.41) is 9.84. The molecule has 1 aromatic rings. The summed E-state index contributed by atoms with van der Waals surface area (Å²) < 4.78 is 0. The second-order valence-corrected chi connectivity index (χ2v) is 7.16. The number of nitrogens with zero attached hydrogens (tertiary/aromatic N) is 2. The van der Waals surface area contributed by atoms with Crippen LogP contribution in [0.4, 0.5) is 0 Å². The molecule has 2 amide bonds. The van der Waals surface area contributed by atoms with Crippen LogP contribution in [0.1, 0.15) is 25.3 Å². The molecule has 2 atom stereocenters. The van der Waals surface area contributed by atoms with Crippen molar-refractivity contribution in [2.45, 2.75) is 26.2 Å². The van der Waals surface area contributed by atoms with Crippen molar-refractivity contribution >= 4 is 17.8 Å². The number of carbonyl (C=O) groups excluding carboxylic acids is 2. The van der Waals surface area contributed by atoms with E-state index in [1.807, 2.05) is 30.3 Å². The van der Waals surface area contributed by atoms with Gasteiger partial charge in [0.2, 0.25) is 11.8 Å². The third-order valence-corrected chi connectivity index (χ3v) is 5.61. The summed E-state index contributed by atoms with van der Waals surface area (Å²) in [7, 11) is 0. The fraction of sp³-hybridized carbons (Fsp3) is 0.526. The maximum Gasteiger partial charge on any atom is 0.311 e. The molecule has 2 aliphatic heterocycles. The number of rotatable bonds is 3. The third-order valence-electron chi connectivity index (χ3n) is 5.61. The van der Waals surface area contributed by atoms with Crippen LogP contribution in [0.5, 0.6) is 0 Å². The Kier molecular flexibility index (Phi) is 4.79. The summed E-state index contributed by atoms with van der Waals surface area (Å²) in [6.45, 7) is 3.12. The van der Waals surface area contributed by atoms with Gasteiger partial charge in [-0.1, -0.05) is 30.3 Å². The predicted molar refractivity (Wildman–Crippen MR) is 91.8 cm³/mol. The Morgan fingerprint density at radius 2 is 1.84 bits per heavy atom. The van der Waals surface area contributed by atoms with Crippen LogP contribution < -0.4 is 0 Å². The second kappa shape index (κ2) is 6.86. The first-order chi connectivity index (χ1) is 11.9. The molecule has 25 heavy (non-hydrogen) atoms. The molecule has 0 aromatic heterocycles. The van der Waals surface area contributed by atoms with E-state index in [1.165, 1.54) is 6.92 Å². The molecule has 6 heteroatoms. The van der Waals surface area contributed by atoms with Gasteiger partial charge in [-0.2, -0.15) is 0 Å². The number of aliphatic carboxylic acids is 1. The summed E-state index contributed by atoms with van der Waals surface area (Å²) in [5.74, 6) is -1.14. The quantitative estimate of drug-likeness (QED) is 0.899. The minimum atomic E-state index is -0.923. The second-order valence-electron chi connectivity index (χ2n) is 7.16. The van der Waals surface area contributed by atoms with Gasteiger partial charge >= 0.3 is 5.97 Å². The number of carboxylic acids is 1. The molecule has 1 N–H and O–H groups in total. The molecule has 2 aliphatic rings. The van der Waals surface area contributed by atoms with E-state index in [1.54, 1.807) is 9.80 Å². The minimum Gasteiger partial charge on any atom is -0.481 e. The Morgan fingerprint density at radius 1 is 1.16 bits per heavy atom. The largest absolute Gasteiger partial charge is 0.481 e. The SMILES string of the molecule is CC(=O)N1C[C@H]2CN(C(=O)Cc3ccccc3)CCC[C@@]2(C(=O)O)C1. The standard InChI is InChI=1S/C19H24N2O4/c1-14(22)21-12-16-11-20(9-5-8-19(16,13-21)18(24)25)17(23)10-15-6-3-2-4-7-15/h2-4,6-7,16H,5,8-13H2,1H3,(H,24,25)/t16-,19-/m1/s1. The Hall–Kier alpha value is -2.37. The van der Waals surface area contributed by atoms with Gasteiger partial charge in [0.15, 0.2) is 0 Å². The van der Waals surface area contributed by atoms with Crippen molar-refractivity contribution in [1.29, 1.82) is 0 Å². The van der Waals surface area contributed by atoms with Gasteiger partial charge in [-0.05, 0) is 18.4 Å². The highest BCUT2D eigenvalue weighted by molar-refractivity contribution is 5.81. The number of carboxylic acid groups (broad SMARTS) is 1. The van der Waals surface area contributed by atoms with E-state index in [4.69, 9.17) is 0 Å². The van der Waals surface area contributed by atoms with Crippen molar-refractivity contribution in [2.24, 2.45) is 11.3 Å². The molecule has 0 bridgehead atoms. The molecule has 2 heterocycles. The normalized spacial score (nSPS) is 26.0. The van der Waals surface area contributed by atoms with Crippen LogP contribution in [0.15, 0.2) is 30.3 Å². The van der Waals surface area contributed by atoms with Crippen LogP contribution in [0.3, 0.4) is 0 Å². The van der Waals surface area contributed by atoms with Gasteiger partial charge in [-0.25, -0.2) is 0 Å². The first kappa shape index (κ1) is 17.5. The number of fused-ring (bicyclic) bond motifs is 1. The molecule has 2 fully saturated rings. The van der Waals surface area contributed by atoms with Gasteiger partial charge < -0.3 is 14.9 Å².